The first kappa shape index (κ1) is 14.6. The van der Waals surface area contributed by atoms with Gasteiger partial charge in [0, 0.05) is 20.8 Å². The second kappa shape index (κ2) is 5.80. The summed E-state index contributed by atoms with van der Waals surface area (Å²) < 4.78 is 0. The van der Waals surface area contributed by atoms with Gasteiger partial charge in [0.2, 0.25) is 0 Å². The molecule has 0 saturated carbocycles. The predicted molar refractivity (Wildman–Crippen MR) is 94.5 cm³/mol. The van der Waals surface area contributed by atoms with Crippen molar-refractivity contribution in [3.63, 3.8) is 0 Å². The fourth-order valence-electron chi connectivity index (χ4n) is 2.18. The molecule has 0 amide bonds. The number of aromatic nitrogens is 1. The van der Waals surface area contributed by atoms with Crippen molar-refractivity contribution >= 4 is 57.6 Å². The molecule has 0 bridgehead atoms. The summed E-state index contributed by atoms with van der Waals surface area (Å²) in [6, 6.07) is 8.06. The third kappa shape index (κ3) is 2.98. The molecule has 2 aromatic heterocycles. The third-order valence-corrected chi connectivity index (χ3v) is 5.06. The van der Waals surface area contributed by atoms with Crippen molar-refractivity contribution in [2.45, 2.75) is 13.8 Å². The summed E-state index contributed by atoms with van der Waals surface area (Å²) in [6.45, 7) is 4.04. The molecule has 0 atom stereocenters. The second-order valence-corrected chi connectivity index (χ2v) is 6.68. The van der Waals surface area contributed by atoms with E-state index in [0.717, 1.165) is 22.0 Å². The quantitative estimate of drug-likeness (QED) is 0.495. The number of rotatable bonds is 2. The van der Waals surface area contributed by atoms with Crippen LogP contribution in [0.25, 0.3) is 23.1 Å². The number of hydrogen-bond acceptors (Lipinski definition) is 2. The highest BCUT2D eigenvalue weighted by atomic mass is 35.5. The van der Waals surface area contributed by atoms with Crippen molar-refractivity contribution in [1.29, 1.82) is 0 Å². The zero-order chi connectivity index (χ0) is 15.0. The largest absolute Gasteiger partial charge is 0.235 e. The number of pyridine rings is 1. The molecule has 2 heterocycles. The van der Waals surface area contributed by atoms with E-state index in [2.05, 4.69) is 29.4 Å². The van der Waals surface area contributed by atoms with Crippen LogP contribution in [0.5, 0.6) is 0 Å². The van der Waals surface area contributed by atoms with Crippen molar-refractivity contribution in [3.8, 4) is 0 Å². The lowest BCUT2D eigenvalue weighted by atomic mass is 10.1. The van der Waals surface area contributed by atoms with Gasteiger partial charge in [0.1, 0.15) is 5.15 Å². The van der Waals surface area contributed by atoms with Crippen LogP contribution < -0.4 is 0 Å². The van der Waals surface area contributed by atoms with Crippen LogP contribution in [0.2, 0.25) is 10.2 Å². The van der Waals surface area contributed by atoms with Gasteiger partial charge < -0.3 is 0 Å². The molecule has 0 N–H and O–H groups in total. The number of hydrogen-bond donors (Lipinski definition) is 0. The van der Waals surface area contributed by atoms with Gasteiger partial charge in [-0.15, -0.1) is 11.3 Å². The monoisotopic (exact) mass is 333 g/mol. The van der Waals surface area contributed by atoms with Crippen molar-refractivity contribution < 1.29 is 0 Å². The maximum absolute atomic E-state index is 6.30. The van der Waals surface area contributed by atoms with E-state index in [1.165, 1.54) is 10.4 Å². The molecule has 3 rings (SSSR count). The Labute approximate surface area is 137 Å². The lowest BCUT2D eigenvalue weighted by Gasteiger charge is -2.06. The van der Waals surface area contributed by atoms with Crippen molar-refractivity contribution in [1.82, 2.24) is 4.98 Å². The highest BCUT2D eigenvalue weighted by Gasteiger charge is 2.07. The van der Waals surface area contributed by atoms with Crippen LogP contribution in [-0.4, -0.2) is 4.98 Å². The van der Waals surface area contributed by atoms with E-state index in [9.17, 15) is 0 Å². The topological polar surface area (TPSA) is 12.9 Å². The minimum Gasteiger partial charge on any atom is -0.235 e. The maximum atomic E-state index is 6.30. The van der Waals surface area contributed by atoms with Crippen molar-refractivity contribution in [2.75, 3.05) is 0 Å². The molecule has 106 valence electrons. The highest BCUT2D eigenvalue weighted by Crippen LogP contribution is 2.28. The van der Waals surface area contributed by atoms with E-state index < -0.39 is 0 Å². The van der Waals surface area contributed by atoms with E-state index in [0.29, 0.717) is 10.2 Å². The first-order chi connectivity index (χ1) is 10.0. The van der Waals surface area contributed by atoms with Gasteiger partial charge in [-0.1, -0.05) is 35.3 Å². The van der Waals surface area contributed by atoms with E-state index in [4.69, 9.17) is 23.2 Å². The van der Waals surface area contributed by atoms with Crippen LogP contribution in [0.1, 0.15) is 21.6 Å². The zero-order valence-corrected chi connectivity index (χ0v) is 14.0. The molecule has 4 heteroatoms. The Kier molecular flexibility index (Phi) is 4.03. The lowest BCUT2D eigenvalue weighted by Crippen LogP contribution is -1.88. The Morgan fingerprint density at radius 1 is 1.10 bits per heavy atom. The molecule has 0 fully saturated rings. The average molecular weight is 334 g/mol. The fourth-order valence-corrected chi connectivity index (χ4v) is 3.33. The first-order valence-electron chi connectivity index (χ1n) is 6.53. The summed E-state index contributed by atoms with van der Waals surface area (Å²) >= 11 is 14.1. The molecular formula is C17H13Cl2NS. The van der Waals surface area contributed by atoms with E-state index in [1.807, 2.05) is 31.2 Å². The summed E-state index contributed by atoms with van der Waals surface area (Å²) in [5, 5.41) is 4.38. The fraction of sp³-hybridized carbons (Fsp3) is 0.118. The van der Waals surface area contributed by atoms with Crippen LogP contribution in [-0.2, 0) is 0 Å². The van der Waals surface area contributed by atoms with Crippen molar-refractivity contribution in [3.05, 3.63) is 61.4 Å². The van der Waals surface area contributed by atoms with Crippen LogP contribution in [0.4, 0.5) is 0 Å². The summed E-state index contributed by atoms with van der Waals surface area (Å²) in [5.41, 5.74) is 4.00. The van der Waals surface area contributed by atoms with Gasteiger partial charge in [-0.2, -0.15) is 0 Å². The Balaban J connectivity index is 2.05. The maximum Gasteiger partial charge on any atom is 0.137 e. The molecule has 0 aliphatic heterocycles. The molecule has 0 aliphatic rings. The molecule has 1 nitrogen and oxygen atoms in total. The Bertz CT molecular complexity index is 849. The van der Waals surface area contributed by atoms with Crippen LogP contribution >= 0.6 is 34.5 Å². The minimum atomic E-state index is 0.498. The molecule has 0 aliphatic carbocycles. The van der Waals surface area contributed by atoms with Gasteiger partial charge in [0.05, 0.1) is 5.52 Å². The summed E-state index contributed by atoms with van der Waals surface area (Å²) in [6.07, 6.45) is 4.07. The number of nitrogens with zero attached hydrogens (tertiary/aromatic N) is 1. The molecular weight excluding hydrogens is 321 g/mol. The third-order valence-electron chi connectivity index (χ3n) is 3.33. The molecule has 0 saturated heterocycles. The standard InChI is InChI=1S/C17H13Cl2NS/c1-10-7-14(21-9-10)5-3-13-8-12-4-6-15(18)11(2)16(12)20-17(13)19/h3-9H,1-2H3/b5-3+. The molecule has 0 unspecified atom stereocenters. The molecule has 0 radical (unpaired) electrons. The van der Waals surface area contributed by atoms with Gasteiger partial charge >= 0.3 is 0 Å². The van der Waals surface area contributed by atoms with Gasteiger partial charge in [-0.3, -0.25) is 0 Å². The number of fused-ring (bicyclic) bond motifs is 1. The molecule has 3 aromatic rings. The lowest BCUT2D eigenvalue weighted by molar-refractivity contribution is 1.36. The Morgan fingerprint density at radius 3 is 2.62 bits per heavy atom. The summed E-state index contributed by atoms with van der Waals surface area (Å²) in [5.74, 6) is 0. The predicted octanol–water partition coefficient (Wildman–Crippen LogP) is 6.39. The van der Waals surface area contributed by atoms with Gasteiger partial charge in [-0.25, -0.2) is 4.98 Å². The van der Waals surface area contributed by atoms with E-state index in [1.54, 1.807) is 11.3 Å². The SMILES string of the molecule is Cc1csc(/C=C/c2cc3ccc(Cl)c(C)c3nc2Cl)c1. The smallest absolute Gasteiger partial charge is 0.137 e. The van der Waals surface area contributed by atoms with Crippen LogP contribution in [0.3, 0.4) is 0 Å². The van der Waals surface area contributed by atoms with E-state index >= 15 is 0 Å². The van der Waals surface area contributed by atoms with E-state index in [-0.39, 0.29) is 0 Å². The first-order valence-corrected chi connectivity index (χ1v) is 8.17. The Morgan fingerprint density at radius 2 is 1.90 bits per heavy atom. The van der Waals surface area contributed by atoms with Gasteiger partial charge in [-0.05, 0) is 54.6 Å². The number of halogens is 2. The van der Waals surface area contributed by atoms with Crippen LogP contribution in [0.15, 0.2) is 29.6 Å². The number of thiophene rings is 1. The molecule has 1 aromatic carbocycles. The van der Waals surface area contributed by atoms with Gasteiger partial charge in [0.15, 0.2) is 0 Å². The van der Waals surface area contributed by atoms with Crippen LogP contribution in [0, 0.1) is 13.8 Å². The average Bonchev–Trinajstić information content (AvgIpc) is 2.87. The summed E-state index contributed by atoms with van der Waals surface area (Å²) in [4.78, 5) is 5.69. The molecule has 21 heavy (non-hydrogen) atoms. The number of benzene rings is 1. The summed E-state index contributed by atoms with van der Waals surface area (Å²) in [7, 11) is 0. The van der Waals surface area contributed by atoms with Crippen molar-refractivity contribution in [2.24, 2.45) is 0 Å². The van der Waals surface area contributed by atoms with Gasteiger partial charge in [0.25, 0.3) is 0 Å². The normalized spacial score (nSPS) is 11.6. The Hall–Kier alpha value is -1.35. The molecule has 0 spiro atoms. The highest BCUT2D eigenvalue weighted by molar-refractivity contribution is 7.11. The zero-order valence-electron chi connectivity index (χ0n) is 11.7. The number of aryl methyl sites for hydroxylation is 2. The second-order valence-electron chi connectivity index (χ2n) is 4.97. The minimum absolute atomic E-state index is 0.498.